The monoisotopic (exact) mass is 255 g/mol. The summed E-state index contributed by atoms with van der Waals surface area (Å²) in [5.74, 6) is -0.849. The Balaban J connectivity index is 2.13. The Hall–Kier alpha value is -1.00. The summed E-state index contributed by atoms with van der Waals surface area (Å²) in [4.78, 5) is 0. The molecular weight excluding hydrogens is 236 g/mol. The zero-order valence-electron chi connectivity index (χ0n) is 10.5. The van der Waals surface area contributed by atoms with Gasteiger partial charge in [-0.2, -0.15) is 0 Å². The summed E-state index contributed by atoms with van der Waals surface area (Å²) in [5, 5.41) is 13.7. The van der Waals surface area contributed by atoms with Crippen LogP contribution in [0.1, 0.15) is 25.3 Å². The summed E-state index contributed by atoms with van der Waals surface area (Å²) in [5.41, 5.74) is -0.771. The lowest BCUT2D eigenvalue weighted by atomic mass is 9.79. The number of aliphatic hydroxyl groups is 1. The molecular formula is C14H19F2NO. The van der Waals surface area contributed by atoms with Crippen molar-refractivity contribution in [3.63, 3.8) is 0 Å². The molecule has 0 bridgehead atoms. The van der Waals surface area contributed by atoms with E-state index in [1.165, 1.54) is 6.07 Å². The van der Waals surface area contributed by atoms with Gasteiger partial charge in [-0.3, -0.25) is 0 Å². The normalized spacial score (nSPS) is 23.7. The molecule has 0 aliphatic carbocycles. The minimum absolute atomic E-state index is 0.0777. The first-order valence-corrected chi connectivity index (χ1v) is 6.36. The quantitative estimate of drug-likeness (QED) is 0.868. The fraction of sp³-hybridized carbons (Fsp3) is 0.571. The number of hydrogen-bond acceptors (Lipinski definition) is 2. The van der Waals surface area contributed by atoms with Crippen molar-refractivity contribution < 1.29 is 13.9 Å². The van der Waals surface area contributed by atoms with E-state index in [0.717, 1.165) is 38.1 Å². The smallest absolute Gasteiger partial charge is 0.126 e. The summed E-state index contributed by atoms with van der Waals surface area (Å²) in [6.45, 7) is 3.39. The first-order chi connectivity index (χ1) is 8.49. The molecule has 0 aromatic heterocycles. The van der Waals surface area contributed by atoms with Crippen molar-refractivity contribution in [2.75, 3.05) is 13.1 Å². The van der Waals surface area contributed by atoms with E-state index in [0.29, 0.717) is 0 Å². The van der Waals surface area contributed by atoms with Crippen LogP contribution in [0.5, 0.6) is 0 Å². The second-order valence-electron chi connectivity index (χ2n) is 5.31. The van der Waals surface area contributed by atoms with Gasteiger partial charge >= 0.3 is 0 Å². The van der Waals surface area contributed by atoms with Crippen LogP contribution in [0.25, 0.3) is 0 Å². The first-order valence-electron chi connectivity index (χ1n) is 6.36. The van der Waals surface area contributed by atoms with Crippen molar-refractivity contribution in [1.82, 2.24) is 5.32 Å². The largest absolute Gasteiger partial charge is 0.389 e. The summed E-state index contributed by atoms with van der Waals surface area (Å²) in [6, 6.07) is 3.37. The van der Waals surface area contributed by atoms with Crippen LogP contribution in [0, 0.1) is 17.6 Å². The second kappa shape index (κ2) is 5.33. The van der Waals surface area contributed by atoms with Gasteiger partial charge in [0.05, 0.1) is 5.60 Å². The van der Waals surface area contributed by atoms with E-state index in [2.05, 4.69) is 5.32 Å². The molecule has 2 unspecified atom stereocenters. The molecule has 100 valence electrons. The van der Waals surface area contributed by atoms with Crippen molar-refractivity contribution in [2.45, 2.75) is 31.8 Å². The third kappa shape index (κ3) is 3.06. The molecule has 0 spiro atoms. The van der Waals surface area contributed by atoms with E-state index in [9.17, 15) is 13.9 Å². The van der Waals surface area contributed by atoms with Crippen molar-refractivity contribution in [2.24, 2.45) is 5.92 Å². The van der Waals surface area contributed by atoms with Crippen LogP contribution >= 0.6 is 0 Å². The topological polar surface area (TPSA) is 32.3 Å². The van der Waals surface area contributed by atoms with E-state index in [4.69, 9.17) is 0 Å². The zero-order valence-corrected chi connectivity index (χ0v) is 10.5. The molecule has 2 nitrogen and oxygen atoms in total. The molecule has 1 saturated heterocycles. The SMILES string of the molecule is CC(O)(Cc1cc(F)ccc1F)C1CCCNC1. The lowest BCUT2D eigenvalue weighted by molar-refractivity contribution is -0.0109. The molecule has 1 heterocycles. The summed E-state index contributed by atoms with van der Waals surface area (Å²) in [7, 11) is 0. The van der Waals surface area contributed by atoms with Crippen LogP contribution in [0.4, 0.5) is 8.78 Å². The van der Waals surface area contributed by atoms with E-state index in [1.807, 2.05) is 0 Å². The highest BCUT2D eigenvalue weighted by molar-refractivity contribution is 5.21. The van der Waals surface area contributed by atoms with Gasteiger partial charge < -0.3 is 10.4 Å². The van der Waals surface area contributed by atoms with Gasteiger partial charge in [-0.1, -0.05) is 0 Å². The Morgan fingerprint density at radius 3 is 2.89 bits per heavy atom. The Bertz CT molecular complexity index is 414. The molecule has 1 aliphatic rings. The van der Waals surface area contributed by atoms with Gasteiger partial charge in [-0.15, -0.1) is 0 Å². The van der Waals surface area contributed by atoms with Crippen LogP contribution in [0.15, 0.2) is 18.2 Å². The molecule has 2 N–H and O–H groups in total. The number of rotatable bonds is 3. The van der Waals surface area contributed by atoms with Crippen LogP contribution in [0.2, 0.25) is 0 Å². The fourth-order valence-electron chi connectivity index (χ4n) is 2.59. The number of hydrogen-bond donors (Lipinski definition) is 2. The van der Waals surface area contributed by atoms with Gasteiger partial charge in [-0.25, -0.2) is 8.78 Å². The highest BCUT2D eigenvalue weighted by Crippen LogP contribution is 2.28. The summed E-state index contributed by atoms with van der Waals surface area (Å²) < 4.78 is 26.7. The molecule has 1 aromatic rings. The predicted octanol–water partition coefficient (Wildman–Crippen LogP) is 2.26. The number of benzene rings is 1. The van der Waals surface area contributed by atoms with E-state index < -0.39 is 17.2 Å². The molecule has 0 radical (unpaired) electrons. The molecule has 2 atom stereocenters. The molecule has 0 amide bonds. The predicted molar refractivity (Wildman–Crippen MR) is 66.3 cm³/mol. The standard InChI is InChI=1S/C14H19F2NO/c1-14(18,11-3-2-6-17-9-11)8-10-7-12(15)4-5-13(10)16/h4-5,7,11,17-18H,2-3,6,8-9H2,1H3. The van der Waals surface area contributed by atoms with E-state index in [-0.39, 0.29) is 17.9 Å². The van der Waals surface area contributed by atoms with Crippen molar-refractivity contribution in [1.29, 1.82) is 0 Å². The number of piperidine rings is 1. The van der Waals surface area contributed by atoms with Crippen molar-refractivity contribution in [3.8, 4) is 0 Å². The molecule has 1 aliphatic heterocycles. The zero-order chi connectivity index (χ0) is 13.2. The Morgan fingerprint density at radius 1 is 1.44 bits per heavy atom. The first kappa shape index (κ1) is 13.4. The van der Waals surface area contributed by atoms with E-state index in [1.54, 1.807) is 6.92 Å². The summed E-state index contributed by atoms with van der Waals surface area (Å²) in [6.07, 6.45) is 2.06. The van der Waals surface area contributed by atoms with Gasteiger partial charge in [0.25, 0.3) is 0 Å². The molecule has 18 heavy (non-hydrogen) atoms. The number of nitrogens with one attached hydrogen (secondary N) is 1. The lowest BCUT2D eigenvalue weighted by Gasteiger charge is -2.36. The molecule has 1 aromatic carbocycles. The van der Waals surface area contributed by atoms with Gasteiger partial charge in [0.2, 0.25) is 0 Å². The van der Waals surface area contributed by atoms with Gasteiger partial charge in [0.1, 0.15) is 11.6 Å². The average molecular weight is 255 g/mol. The maximum absolute atomic E-state index is 13.6. The number of halogens is 2. The minimum Gasteiger partial charge on any atom is -0.389 e. The maximum Gasteiger partial charge on any atom is 0.126 e. The van der Waals surface area contributed by atoms with Crippen molar-refractivity contribution in [3.05, 3.63) is 35.4 Å². The Labute approximate surface area is 106 Å². The lowest BCUT2D eigenvalue weighted by Crippen LogP contribution is -2.45. The van der Waals surface area contributed by atoms with Crippen LogP contribution < -0.4 is 5.32 Å². The maximum atomic E-state index is 13.6. The minimum atomic E-state index is -1.01. The Morgan fingerprint density at radius 2 is 2.22 bits per heavy atom. The van der Waals surface area contributed by atoms with E-state index >= 15 is 0 Å². The molecule has 1 fully saturated rings. The van der Waals surface area contributed by atoms with Crippen LogP contribution in [-0.2, 0) is 6.42 Å². The third-order valence-corrected chi connectivity index (χ3v) is 3.73. The van der Waals surface area contributed by atoms with Crippen molar-refractivity contribution >= 4 is 0 Å². The fourth-order valence-corrected chi connectivity index (χ4v) is 2.59. The average Bonchev–Trinajstić information content (AvgIpc) is 2.35. The van der Waals surface area contributed by atoms with Crippen LogP contribution in [0.3, 0.4) is 0 Å². The molecule has 4 heteroatoms. The Kier molecular flexibility index (Phi) is 3.97. The summed E-state index contributed by atoms with van der Waals surface area (Å²) >= 11 is 0. The third-order valence-electron chi connectivity index (χ3n) is 3.73. The molecule has 2 rings (SSSR count). The van der Waals surface area contributed by atoms with Gasteiger partial charge in [0, 0.05) is 18.9 Å². The highest BCUT2D eigenvalue weighted by atomic mass is 19.1. The van der Waals surface area contributed by atoms with Gasteiger partial charge in [0.15, 0.2) is 0 Å². The highest BCUT2D eigenvalue weighted by Gasteiger charge is 2.33. The molecule has 0 saturated carbocycles. The van der Waals surface area contributed by atoms with Gasteiger partial charge in [-0.05, 0) is 50.1 Å². The second-order valence-corrected chi connectivity index (χ2v) is 5.31. The van der Waals surface area contributed by atoms with Crippen LogP contribution in [-0.4, -0.2) is 23.8 Å².